The highest BCUT2D eigenvalue weighted by Crippen LogP contribution is 2.15. The van der Waals surface area contributed by atoms with E-state index in [0.29, 0.717) is 17.1 Å². The van der Waals surface area contributed by atoms with E-state index in [2.05, 4.69) is 10.5 Å². The Hall–Kier alpha value is -4.65. The number of aromatic nitrogens is 1. The van der Waals surface area contributed by atoms with Crippen LogP contribution >= 0.6 is 0 Å². The number of hydrazone groups is 1. The third-order valence-corrected chi connectivity index (χ3v) is 4.44. The van der Waals surface area contributed by atoms with Crippen molar-refractivity contribution in [2.24, 2.45) is 5.10 Å². The van der Waals surface area contributed by atoms with E-state index in [0.717, 1.165) is 11.3 Å². The monoisotopic (exact) mass is 425 g/mol. The molecule has 0 radical (unpaired) electrons. The molecule has 32 heavy (non-hydrogen) atoms. The molecule has 158 valence electrons. The second-order valence-corrected chi connectivity index (χ2v) is 6.65. The third kappa shape index (κ3) is 5.28. The Morgan fingerprint density at radius 1 is 0.938 bits per heavy atom. The minimum absolute atomic E-state index is 0.320. The van der Waals surface area contributed by atoms with Gasteiger partial charge in [0.05, 0.1) is 23.7 Å². The lowest BCUT2D eigenvalue weighted by Crippen LogP contribution is -2.19. The average molecular weight is 425 g/mol. The van der Waals surface area contributed by atoms with Crippen LogP contribution < -0.4 is 10.2 Å². The van der Waals surface area contributed by atoms with Gasteiger partial charge in [-0.2, -0.15) is 5.10 Å². The summed E-state index contributed by atoms with van der Waals surface area (Å²) in [7, 11) is 0. The Labute approximate surface area is 184 Å². The van der Waals surface area contributed by atoms with Gasteiger partial charge in [0.15, 0.2) is 0 Å². The first-order valence-electron chi connectivity index (χ1n) is 9.78. The van der Waals surface area contributed by atoms with Gasteiger partial charge >= 0.3 is 5.97 Å². The van der Waals surface area contributed by atoms with Crippen LogP contribution in [0.4, 0.5) is 0 Å². The highest BCUT2D eigenvalue weighted by Gasteiger charge is 2.11. The van der Waals surface area contributed by atoms with Crippen molar-refractivity contribution in [2.45, 2.75) is 0 Å². The van der Waals surface area contributed by atoms with Crippen molar-refractivity contribution in [3.63, 3.8) is 0 Å². The molecule has 0 spiro atoms. The lowest BCUT2D eigenvalue weighted by atomic mass is 10.1. The van der Waals surface area contributed by atoms with Gasteiger partial charge in [-0.3, -0.25) is 4.79 Å². The minimum atomic E-state index is -0.517. The van der Waals surface area contributed by atoms with Crippen molar-refractivity contribution in [3.05, 3.63) is 114 Å². The molecule has 0 aliphatic carbocycles. The van der Waals surface area contributed by atoms with Crippen molar-refractivity contribution >= 4 is 24.2 Å². The van der Waals surface area contributed by atoms with Gasteiger partial charge in [-0.1, -0.05) is 12.1 Å². The Morgan fingerprint density at radius 3 is 2.47 bits per heavy atom. The van der Waals surface area contributed by atoms with Crippen LogP contribution in [0.15, 0.2) is 107 Å². The topological polar surface area (TPSA) is 85.8 Å². The van der Waals surface area contributed by atoms with E-state index in [1.165, 1.54) is 24.6 Å². The summed E-state index contributed by atoms with van der Waals surface area (Å²) in [4.78, 5) is 24.4. The Balaban J connectivity index is 1.34. The molecule has 2 aromatic heterocycles. The largest absolute Gasteiger partial charge is 0.465 e. The molecule has 1 N–H and O–H groups in total. The highest BCUT2D eigenvalue weighted by atomic mass is 16.5. The molecule has 7 heteroatoms. The fraction of sp³-hybridized carbons (Fsp3) is 0. The van der Waals surface area contributed by atoms with Crippen LogP contribution in [-0.4, -0.2) is 22.7 Å². The van der Waals surface area contributed by atoms with Gasteiger partial charge in [-0.25, -0.2) is 10.2 Å². The number of amides is 1. The summed E-state index contributed by atoms with van der Waals surface area (Å²) in [5.41, 5.74) is 4.54. The summed E-state index contributed by atoms with van der Waals surface area (Å²) in [6.07, 6.45) is 9.59. The molecular formula is C25H19N3O4. The Morgan fingerprint density at radius 2 is 1.72 bits per heavy atom. The Bertz CT molecular complexity index is 1240. The van der Waals surface area contributed by atoms with Crippen molar-refractivity contribution in [2.75, 3.05) is 0 Å². The molecule has 0 saturated carbocycles. The number of hydrogen-bond acceptors (Lipinski definition) is 5. The maximum atomic E-state index is 12.6. The molecule has 0 aliphatic heterocycles. The van der Waals surface area contributed by atoms with Gasteiger partial charge in [0, 0.05) is 18.5 Å². The van der Waals surface area contributed by atoms with Crippen molar-refractivity contribution < 1.29 is 18.7 Å². The molecule has 4 rings (SSSR count). The second-order valence-electron chi connectivity index (χ2n) is 6.65. The zero-order chi connectivity index (χ0) is 22.2. The summed E-state index contributed by atoms with van der Waals surface area (Å²) < 4.78 is 12.2. The Kier molecular flexibility index (Phi) is 6.38. The number of ether oxygens (including phenoxy) is 1. The molecule has 0 bridgehead atoms. The van der Waals surface area contributed by atoms with E-state index in [4.69, 9.17) is 9.15 Å². The van der Waals surface area contributed by atoms with E-state index in [1.54, 1.807) is 48.5 Å². The number of carbonyl (C=O) groups excluding carboxylic acids is 2. The van der Waals surface area contributed by atoms with Crippen LogP contribution in [-0.2, 0) is 4.79 Å². The van der Waals surface area contributed by atoms with Gasteiger partial charge < -0.3 is 13.7 Å². The minimum Gasteiger partial charge on any atom is -0.465 e. The number of benzene rings is 2. The maximum absolute atomic E-state index is 12.6. The van der Waals surface area contributed by atoms with E-state index < -0.39 is 5.97 Å². The van der Waals surface area contributed by atoms with Crippen molar-refractivity contribution in [1.82, 2.24) is 9.99 Å². The van der Waals surface area contributed by atoms with Crippen LogP contribution in [0.5, 0.6) is 5.75 Å². The lowest BCUT2D eigenvalue weighted by molar-refractivity contribution is -0.128. The van der Waals surface area contributed by atoms with E-state index in [9.17, 15) is 9.59 Å². The fourth-order valence-corrected chi connectivity index (χ4v) is 2.92. The molecule has 0 aliphatic rings. The van der Waals surface area contributed by atoms with Crippen LogP contribution in [0.25, 0.3) is 11.8 Å². The first-order chi connectivity index (χ1) is 15.7. The van der Waals surface area contributed by atoms with Gasteiger partial charge in [0.2, 0.25) is 0 Å². The molecule has 1 amide bonds. The zero-order valence-electron chi connectivity index (χ0n) is 16.9. The van der Waals surface area contributed by atoms with E-state index in [1.807, 2.05) is 41.2 Å². The SMILES string of the molecule is O=C(C=Cc1ccco1)Oc1ccc(C=NNC(=O)c2ccccc2-n2cccc2)cc1. The number of nitrogens with one attached hydrogen (secondary N) is 1. The van der Waals surface area contributed by atoms with Crippen molar-refractivity contribution in [3.8, 4) is 11.4 Å². The molecule has 7 nitrogen and oxygen atoms in total. The number of para-hydroxylation sites is 1. The molecule has 2 heterocycles. The summed E-state index contributed by atoms with van der Waals surface area (Å²) in [6.45, 7) is 0. The normalized spacial score (nSPS) is 11.1. The van der Waals surface area contributed by atoms with Crippen LogP contribution in [0.1, 0.15) is 21.7 Å². The maximum Gasteiger partial charge on any atom is 0.336 e. The number of carbonyl (C=O) groups is 2. The summed E-state index contributed by atoms with van der Waals surface area (Å²) >= 11 is 0. The van der Waals surface area contributed by atoms with Crippen LogP contribution in [0.2, 0.25) is 0 Å². The van der Waals surface area contributed by atoms with Crippen LogP contribution in [0, 0.1) is 0 Å². The number of furan rings is 1. The number of rotatable bonds is 7. The first kappa shape index (κ1) is 20.6. The molecule has 0 atom stereocenters. The standard InChI is InChI=1S/C25H19N3O4/c29-24(14-13-20-6-5-17-31-20)32-21-11-9-19(10-12-21)18-26-27-25(30)22-7-1-2-8-23(22)28-15-3-4-16-28/h1-18H,(H,27,30). The summed E-state index contributed by atoms with van der Waals surface area (Å²) in [5.74, 6) is 0.114. The summed E-state index contributed by atoms with van der Waals surface area (Å²) in [6, 6.07) is 21.3. The quantitative estimate of drug-likeness (QED) is 0.156. The van der Waals surface area contributed by atoms with Crippen LogP contribution in [0.3, 0.4) is 0 Å². The first-order valence-corrected chi connectivity index (χ1v) is 9.78. The van der Waals surface area contributed by atoms with E-state index in [-0.39, 0.29) is 5.91 Å². The molecule has 0 saturated heterocycles. The molecule has 0 unspecified atom stereocenters. The zero-order valence-corrected chi connectivity index (χ0v) is 16.9. The number of nitrogens with zero attached hydrogens (tertiary/aromatic N) is 2. The smallest absolute Gasteiger partial charge is 0.336 e. The van der Waals surface area contributed by atoms with Crippen molar-refractivity contribution in [1.29, 1.82) is 0 Å². The predicted molar refractivity (Wildman–Crippen MR) is 121 cm³/mol. The molecule has 4 aromatic rings. The summed E-state index contributed by atoms with van der Waals surface area (Å²) in [5, 5.41) is 4.03. The number of hydrogen-bond donors (Lipinski definition) is 1. The highest BCUT2D eigenvalue weighted by molar-refractivity contribution is 5.98. The second kappa shape index (κ2) is 9.90. The fourth-order valence-electron chi connectivity index (χ4n) is 2.92. The van der Waals surface area contributed by atoms with Gasteiger partial charge in [-0.05, 0) is 72.3 Å². The number of esters is 1. The molecule has 2 aromatic carbocycles. The van der Waals surface area contributed by atoms with Gasteiger partial charge in [-0.15, -0.1) is 0 Å². The predicted octanol–water partition coefficient (Wildman–Crippen LogP) is 4.45. The lowest BCUT2D eigenvalue weighted by Gasteiger charge is -2.09. The van der Waals surface area contributed by atoms with Gasteiger partial charge in [0.25, 0.3) is 5.91 Å². The molecule has 0 fully saturated rings. The van der Waals surface area contributed by atoms with E-state index >= 15 is 0 Å². The third-order valence-electron chi connectivity index (χ3n) is 4.44. The molecular weight excluding hydrogens is 406 g/mol. The van der Waals surface area contributed by atoms with Gasteiger partial charge in [0.1, 0.15) is 11.5 Å². The average Bonchev–Trinajstić information content (AvgIpc) is 3.53.